The van der Waals surface area contributed by atoms with Gasteiger partial charge < -0.3 is 5.32 Å². The molecule has 84 valence electrons. The van der Waals surface area contributed by atoms with E-state index in [0.29, 0.717) is 0 Å². The molecule has 0 aliphatic heterocycles. The zero-order valence-corrected chi connectivity index (χ0v) is 9.76. The Bertz CT molecular complexity index is 418. The molecule has 1 aromatic carbocycles. The van der Waals surface area contributed by atoms with E-state index in [1.807, 2.05) is 24.3 Å². The minimum Gasteiger partial charge on any atom is -0.346 e. The summed E-state index contributed by atoms with van der Waals surface area (Å²) in [4.78, 5) is 11.8. The molecule has 2 saturated carbocycles. The van der Waals surface area contributed by atoms with Gasteiger partial charge in [0.25, 0.3) is 0 Å². The molecule has 0 heterocycles. The van der Waals surface area contributed by atoms with E-state index < -0.39 is 0 Å². The quantitative estimate of drug-likeness (QED) is 0.858. The largest absolute Gasteiger partial charge is 0.346 e. The maximum absolute atomic E-state index is 11.8. The van der Waals surface area contributed by atoms with Gasteiger partial charge in [0.2, 0.25) is 5.91 Å². The Morgan fingerprint density at radius 3 is 2.38 bits per heavy atom. The summed E-state index contributed by atoms with van der Waals surface area (Å²) in [5.74, 6) is 0.511. The monoisotopic (exact) mass is 235 g/mol. The second-order valence-electron chi connectivity index (χ2n) is 4.85. The molecule has 0 aromatic heterocycles. The van der Waals surface area contributed by atoms with Gasteiger partial charge in [-0.05, 0) is 43.4 Å². The van der Waals surface area contributed by atoms with E-state index in [1.54, 1.807) is 0 Å². The van der Waals surface area contributed by atoms with Crippen molar-refractivity contribution in [2.75, 3.05) is 0 Å². The predicted molar refractivity (Wildman–Crippen MR) is 63.2 cm³/mol. The van der Waals surface area contributed by atoms with Crippen molar-refractivity contribution in [2.45, 2.75) is 31.2 Å². The first-order chi connectivity index (χ1) is 7.70. The topological polar surface area (TPSA) is 29.1 Å². The van der Waals surface area contributed by atoms with Gasteiger partial charge in [0.05, 0.1) is 5.54 Å². The molecule has 0 atom stereocenters. The van der Waals surface area contributed by atoms with Gasteiger partial charge in [-0.1, -0.05) is 23.7 Å². The molecule has 1 aromatic rings. The smallest absolute Gasteiger partial charge is 0.223 e. The fourth-order valence-electron chi connectivity index (χ4n) is 2.06. The van der Waals surface area contributed by atoms with E-state index >= 15 is 0 Å². The lowest BCUT2D eigenvalue weighted by molar-refractivity contribution is -0.123. The number of carbonyl (C=O) groups excluding carboxylic acids is 1. The highest BCUT2D eigenvalue weighted by Gasteiger charge is 2.47. The molecule has 2 aliphatic carbocycles. The van der Waals surface area contributed by atoms with Gasteiger partial charge in [0, 0.05) is 10.9 Å². The number of halogens is 1. The lowest BCUT2D eigenvalue weighted by atomic mass is 10.0. The molecule has 2 aliphatic rings. The first-order valence-corrected chi connectivity index (χ1v) is 6.15. The second kappa shape index (κ2) is 3.49. The number of benzene rings is 1. The van der Waals surface area contributed by atoms with Crippen LogP contribution in [0.2, 0.25) is 5.02 Å². The molecule has 3 heteroatoms. The second-order valence-corrected chi connectivity index (χ2v) is 5.29. The average Bonchev–Trinajstić information content (AvgIpc) is 3.13. The maximum atomic E-state index is 11.8. The van der Waals surface area contributed by atoms with Crippen LogP contribution in [0.4, 0.5) is 0 Å². The number of rotatable bonds is 3. The van der Waals surface area contributed by atoms with Crippen LogP contribution in [0, 0.1) is 5.92 Å². The Morgan fingerprint density at radius 2 is 1.88 bits per heavy atom. The maximum Gasteiger partial charge on any atom is 0.223 e. The Kier molecular flexibility index (Phi) is 2.21. The highest BCUT2D eigenvalue weighted by Crippen LogP contribution is 2.46. The molecular weight excluding hydrogens is 222 g/mol. The zero-order chi connectivity index (χ0) is 11.2. The fourth-order valence-corrected chi connectivity index (χ4v) is 2.19. The van der Waals surface area contributed by atoms with E-state index in [-0.39, 0.29) is 17.4 Å². The molecule has 0 radical (unpaired) electrons. The Labute approximate surface area is 100.0 Å². The standard InChI is InChI=1S/C13H14ClNO/c14-11-5-3-10(4-6-11)13(7-8-13)15-12(16)9-1-2-9/h3-6,9H,1-2,7-8H2,(H,15,16). The van der Waals surface area contributed by atoms with Crippen molar-refractivity contribution in [1.82, 2.24) is 5.32 Å². The van der Waals surface area contributed by atoms with Crippen molar-refractivity contribution in [2.24, 2.45) is 5.92 Å². The van der Waals surface area contributed by atoms with Gasteiger partial charge in [0.1, 0.15) is 0 Å². The highest BCUT2D eigenvalue weighted by atomic mass is 35.5. The molecule has 3 rings (SSSR count). The van der Waals surface area contributed by atoms with E-state index in [2.05, 4.69) is 5.32 Å². The van der Waals surface area contributed by atoms with E-state index in [0.717, 1.165) is 30.7 Å². The van der Waals surface area contributed by atoms with Crippen molar-refractivity contribution in [1.29, 1.82) is 0 Å². The van der Waals surface area contributed by atoms with Crippen LogP contribution in [0.15, 0.2) is 24.3 Å². The summed E-state index contributed by atoms with van der Waals surface area (Å²) in [5, 5.41) is 3.93. The molecule has 0 saturated heterocycles. The molecule has 2 fully saturated rings. The third-order valence-electron chi connectivity index (χ3n) is 3.46. The summed E-state index contributed by atoms with van der Waals surface area (Å²) >= 11 is 5.86. The summed E-state index contributed by atoms with van der Waals surface area (Å²) in [5.41, 5.74) is 1.11. The van der Waals surface area contributed by atoms with Crippen LogP contribution >= 0.6 is 11.6 Å². The summed E-state index contributed by atoms with van der Waals surface area (Å²) in [7, 11) is 0. The molecule has 0 spiro atoms. The van der Waals surface area contributed by atoms with Crippen molar-refractivity contribution in [3.05, 3.63) is 34.9 Å². The summed E-state index contributed by atoms with van der Waals surface area (Å²) in [6, 6.07) is 7.81. The number of hydrogen-bond acceptors (Lipinski definition) is 1. The molecule has 1 amide bonds. The average molecular weight is 236 g/mol. The molecule has 16 heavy (non-hydrogen) atoms. The van der Waals surface area contributed by atoms with E-state index in [4.69, 9.17) is 11.6 Å². The van der Waals surface area contributed by atoms with Gasteiger partial charge in [-0.3, -0.25) is 4.79 Å². The van der Waals surface area contributed by atoms with Gasteiger partial charge in [0.15, 0.2) is 0 Å². The molecule has 1 N–H and O–H groups in total. The van der Waals surface area contributed by atoms with E-state index in [1.165, 1.54) is 5.56 Å². The summed E-state index contributed by atoms with van der Waals surface area (Å²) < 4.78 is 0. The van der Waals surface area contributed by atoms with Crippen LogP contribution in [0.25, 0.3) is 0 Å². The SMILES string of the molecule is O=C(NC1(c2ccc(Cl)cc2)CC1)C1CC1. The first-order valence-electron chi connectivity index (χ1n) is 5.78. The number of amides is 1. The molecule has 0 bridgehead atoms. The lowest BCUT2D eigenvalue weighted by Gasteiger charge is -2.17. The number of carbonyl (C=O) groups is 1. The summed E-state index contributed by atoms with van der Waals surface area (Å²) in [6.45, 7) is 0. The number of hydrogen-bond donors (Lipinski definition) is 1. The van der Waals surface area contributed by atoms with Crippen molar-refractivity contribution < 1.29 is 4.79 Å². The van der Waals surface area contributed by atoms with Gasteiger partial charge in [-0.15, -0.1) is 0 Å². The Balaban J connectivity index is 1.77. The Hall–Kier alpha value is -1.02. The molecular formula is C13H14ClNO. The van der Waals surface area contributed by atoms with Crippen LogP contribution < -0.4 is 5.32 Å². The first kappa shape index (κ1) is 10.2. The Morgan fingerprint density at radius 1 is 1.25 bits per heavy atom. The minimum absolute atomic E-state index is 0.0791. The molecule has 2 nitrogen and oxygen atoms in total. The van der Waals surface area contributed by atoms with Gasteiger partial charge in [-0.2, -0.15) is 0 Å². The van der Waals surface area contributed by atoms with Crippen LogP contribution in [-0.4, -0.2) is 5.91 Å². The normalized spacial score (nSPS) is 21.6. The third kappa shape index (κ3) is 1.82. The summed E-state index contributed by atoms with van der Waals surface area (Å²) in [6.07, 6.45) is 4.21. The third-order valence-corrected chi connectivity index (χ3v) is 3.71. The minimum atomic E-state index is -0.0791. The lowest BCUT2D eigenvalue weighted by Crippen LogP contribution is -2.35. The van der Waals surface area contributed by atoms with Gasteiger partial charge in [-0.25, -0.2) is 0 Å². The van der Waals surface area contributed by atoms with Crippen LogP contribution in [0.1, 0.15) is 31.2 Å². The van der Waals surface area contributed by atoms with Gasteiger partial charge >= 0.3 is 0 Å². The fraction of sp³-hybridized carbons (Fsp3) is 0.462. The van der Waals surface area contributed by atoms with Crippen molar-refractivity contribution >= 4 is 17.5 Å². The van der Waals surface area contributed by atoms with Crippen LogP contribution in [0.5, 0.6) is 0 Å². The molecule has 0 unspecified atom stereocenters. The zero-order valence-electron chi connectivity index (χ0n) is 9.00. The van der Waals surface area contributed by atoms with E-state index in [9.17, 15) is 4.79 Å². The number of nitrogens with one attached hydrogen (secondary N) is 1. The van der Waals surface area contributed by atoms with Crippen molar-refractivity contribution in [3.63, 3.8) is 0 Å². The van der Waals surface area contributed by atoms with Crippen molar-refractivity contribution in [3.8, 4) is 0 Å². The highest BCUT2D eigenvalue weighted by molar-refractivity contribution is 6.30. The van der Waals surface area contributed by atoms with Crippen LogP contribution in [0.3, 0.4) is 0 Å². The predicted octanol–water partition coefficient (Wildman–Crippen LogP) is 2.86. The van der Waals surface area contributed by atoms with Crippen LogP contribution in [-0.2, 0) is 10.3 Å².